The fourth-order valence-corrected chi connectivity index (χ4v) is 1.53. The number of hydrogen-bond donors (Lipinski definition) is 2. The van der Waals surface area contributed by atoms with Crippen molar-refractivity contribution in [2.45, 2.75) is 26.4 Å². The highest BCUT2D eigenvalue weighted by Gasteiger charge is 2.16. The number of nitrogens with zero attached hydrogens (tertiary/aromatic N) is 1. The molecule has 0 aliphatic carbocycles. The molecule has 0 aromatic carbocycles. The standard InChI is InChI=1S/C12H18N2O3/c1-9(2)7-10(15)8-13-12(16)11-5-3-4-6-14(11)17/h3-6,9-10,15H,7-8H2,1-2H3,(H,13,16). The molecule has 0 aliphatic heterocycles. The normalized spacial score (nSPS) is 12.5. The Hall–Kier alpha value is -1.62. The topological polar surface area (TPSA) is 76.3 Å². The second-order valence-corrected chi connectivity index (χ2v) is 4.41. The Bertz CT molecular complexity index is 380. The molecule has 1 amide bonds. The van der Waals surface area contributed by atoms with Gasteiger partial charge in [-0.05, 0) is 18.4 Å². The molecule has 1 aromatic heterocycles. The van der Waals surface area contributed by atoms with Gasteiger partial charge in [0.25, 0.3) is 5.69 Å². The van der Waals surface area contributed by atoms with Crippen molar-refractivity contribution in [1.29, 1.82) is 0 Å². The minimum atomic E-state index is -0.581. The van der Waals surface area contributed by atoms with E-state index in [1.807, 2.05) is 13.8 Å². The Labute approximate surface area is 101 Å². The van der Waals surface area contributed by atoms with Gasteiger partial charge >= 0.3 is 5.91 Å². The number of aliphatic hydroxyl groups excluding tert-OH is 1. The molecule has 1 atom stereocenters. The van der Waals surface area contributed by atoms with Crippen molar-refractivity contribution in [1.82, 2.24) is 5.32 Å². The number of nitrogens with one attached hydrogen (secondary N) is 1. The molecule has 1 heterocycles. The molecule has 0 saturated carbocycles. The van der Waals surface area contributed by atoms with Gasteiger partial charge in [-0.25, -0.2) is 0 Å². The van der Waals surface area contributed by atoms with Crippen molar-refractivity contribution in [3.05, 3.63) is 35.3 Å². The molecule has 2 N–H and O–H groups in total. The Kier molecular flexibility index (Phi) is 4.90. The largest absolute Gasteiger partial charge is 0.618 e. The number of carbonyl (C=O) groups excluding carboxylic acids is 1. The van der Waals surface area contributed by atoms with E-state index in [1.54, 1.807) is 12.1 Å². The Morgan fingerprint density at radius 1 is 1.53 bits per heavy atom. The summed E-state index contributed by atoms with van der Waals surface area (Å²) in [6, 6.07) is 4.61. The van der Waals surface area contributed by atoms with Crippen LogP contribution in [0.5, 0.6) is 0 Å². The van der Waals surface area contributed by atoms with Gasteiger partial charge in [0, 0.05) is 18.7 Å². The van der Waals surface area contributed by atoms with Crippen molar-refractivity contribution < 1.29 is 14.6 Å². The van der Waals surface area contributed by atoms with Gasteiger partial charge in [-0.15, -0.1) is 0 Å². The number of aliphatic hydroxyl groups is 1. The van der Waals surface area contributed by atoms with Crippen LogP contribution in [0.3, 0.4) is 0 Å². The maximum atomic E-state index is 11.6. The molecule has 1 aromatic rings. The molecule has 0 radical (unpaired) electrons. The van der Waals surface area contributed by atoms with Crippen molar-refractivity contribution in [2.75, 3.05) is 6.54 Å². The third-order valence-corrected chi connectivity index (χ3v) is 2.30. The monoisotopic (exact) mass is 238 g/mol. The fraction of sp³-hybridized carbons (Fsp3) is 0.500. The summed E-state index contributed by atoms with van der Waals surface area (Å²) in [5, 5.41) is 23.4. The molecule has 17 heavy (non-hydrogen) atoms. The first-order chi connectivity index (χ1) is 8.00. The van der Waals surface area contributed by atoms with Crippen LogP contribution >= 0.6 is 0 Å². The van der Waals surface area contributed by atoms with Crippen LogP contribution in [0, 0.1) is 11.1 Å². The van der Waals surface area contributed by atoms with Crippen LogP contribution in [-0.2, 0) is 0 Å². The van der Waals surface area contributed by atoms with Crippen molar-refractivity contribution in [3.63, 3.8) is 0 Å². The molecule has 0 fully saturated rings. The van der Waals surface area contributed by atoms with Gasteiger partial charge in [-0.1, -0.05) is 13.8 Å². The Morgan fingerprint density at radius 3 is 2.82 bits per heavy atom. The summed E-state index contributed by atoms with van der Waals surface area (Å²) in [4.78, 5) is 11.6. The third-order valence-electron chi connectivity index (χ3n) is 2.30. The maximum absolute atomic E-state index is 11.6. The van der Waals surface area contributed by atoms with Crippen LogP contribution < -0.4 is 10.0 Å². The van der Waals surface area contributed by atoms with Crippen molar-refractivity contribution in [3.8, 4) is 0 Å². The second-order valence-electron chi connectivity index (χ2n) is 4.41. The van der Waals surface area contributed by atoms with Crippen LogP contribution in [0.15, 0.2) is 24.4 Å². The Morgan fingerprint density at radius 2 is 2.24 bits per heavy atom. The smallest absolute Gasteiger partial charge is 0.317 e. The third kappa shape index (κ3) is 4.40. The first kappa shape index (κ1) is 13.4. The van der Waals surface area contributed by atoms with Crippen LogP contribution in [-0.4, -0.2) is 23.7 Å². The molecule has 5 heteroatoms. The van der Waals surface area contributed by atoms with E-state index in [0.29, 0.717) is 17.1 Å². The molecule has 1 unspecified atom stereocenters. The highest BCUT2D eigenvalue weighted by Crippen LogP contribution is 2.03. The number of amides is 1. The zero-order chi connectivity index (χ0) is 12.8. The van der Waals surface area contributed by atoms with Gasteiger partial charge in [-0.3, -0.25) is 4.79 Å². The highest BCUT2D eigenvalue weighted by molar-refractivity contribution is 5.90. The quantitative estimate of drug-likeness (QED) is 0.578. The van der Waals surface area contributed by atoms with E-state index >= 15 is 0 Å². The number of hydrogen-bond acceptors (Lipinski definition) is 3. The molecular weight excluding hydrogens is 220 g/mol. The summed E-state index contributed by atoms with van der Waals surface area (Å²) >= 11 is 0. The lowest BCUT2D eigenvalue weighted by atomic mass is 10.1. The summed E-state index contributed by atoms with van der Waals surface area (Å²) in [6.07, 6.45) is 1.30. The zero-order valence-corrected chi connectivity index (χ0v) is 10.1. The molecule has 0 aliphatic rings. The molecule has 1 rings (SSSR count). The summed E-state index contributed by atoms with van der Waals surface area (Å²) in [5.41, 5.74) is 0.0317. The second kappa shape index (κ2) is 6.20. The van der Waals surface area contributed by atoms with Gasteiger partial charge in [0.15, 0.2) is 6.20 Å². The summed E-state index contributed by atoms with van der Waals surface area (Å²) in [5.74, 6) is -0.105. The lowest BCUT2D eigenvalue weighted by Crippen LogP contribution is -2.41. The molecular formula is C12H18N2O3. The number of aromatic nitrogens is 1. The van der Waals surface area contributed by atoms with Gasteiger partial charge in [-0.2, -0.15) is 4.73 Å². The zero-order valence-electron chi connectivity index (χ0n) is 10.1. The van der Waals surface area contributed by atoms with E-state index < -0.39 is 12.0 Å². The Balaban J connectivity index is 2.48. The minimum absolute atomic E-state index is 0.0317. The first-order valence-electron chi connectivity index (χ1n) is 5.65. The van der Waals surface area contributed by atoms with Gasteiger partial charge < -0.3 is 15.6 Å². The lowest BCUT2D eigenvalue weighted by molar-refractivity contribution is -0.607. The number of pyridine rings is 1. The lowest BCUT2D eigenvalue weighted by Gasteiger charge is -2.13. The fourth-order valence-electron chi connectivity index (χ4n) is 1.53. The van der Waals surface area contributed by atoms with Gasteiger partial charge in [0.05, 0.1) is 6.10 Å². The number of carbonyl (C=O) groups is 1. The van der Waals surface area contributed by atoms with Crippen molar-refractivity contribution >= 4 is 5.91 Å². The molecule has 0 spiro atoms. The predicted molar refractivity (Wildman–Crippen MR) is 63.2 cm³/mol. The van der Waals surface area contributed by atoms with Gasteiger partial charge in [0.1, 0.15) is 0 Å². The van der Waals surface area contributed by atoms with E-state index in [9.17, 15) is 15.1 Å². The summed E-state index contributed by atoms with van der Waals surface area (Å²) in [6.45, 7) is 4.15. The van der Waals surface area contributed by atoms with E-state index in [4.69, 9.17) is 0 Å². The van der Waals surface area contributed by atoms with Crippen LogP contribution in [0.4, 0.5) is 0 Å². The van der Waals surface area contributed by atoms with E-state index in [-0.39, 0.29) is 12.2 Å². The number of rotatable bonds is 5. The SMILES string of the molecule is CC(C)CC(O)CNC(=O)c1cccc[n+]1[O-]. The summed E-state index contributed by atoms with van der Waals surface area (Å²) < 4.78 is 0.504. The van der Waals surface area contributed by atoms with Crippen LogP contribution in [0.2, 0.25) is 0 Å². The maximum Gasteiger partial charge on any atom is 0.317 e. The van der Waals surface area contributed by atoms with Gasteiger partial charge in [0.2, 0.25) is 0 Å². The summed E-state index contributed by atoms with van der Waals surface area (Å²) in [7, 11) is 0. The van der Waals surface area contributed by atoms with Crippen molar-refractivity contribution in [2.24, 2.45) is 5.92 Å². The average molecular weight is 238 g/mol. The van der Waals surface area contributed by atoms with E-state index in [2.05, 4.69) is 5.32 Å². The molecule has 5 nitrogen and oxygen atoms in total. The molecule has 0 bridgehead atoms. The van der Waals surface area contributed by atoms with Crippen LogP contribution in [0.25, 0.3) is 0 Å². The van der Waals surface area contributed by atoms with E-state index in [0.717, 1.165) is 0 Å². The van der Waals surface area contributed by atoms with Crippen LogP contribution in [0.1, 0.15) is 30.8 Å². The van der Waals surface area contributed by atoms with E-state index in [1.165, 1.54) is 12.3 Å². The minimum Gasteiger partial charge on any atom is -0.618 e. The first-order valence-corrected chi connectivity index (χ1v) is 5.65. The highest BCUT2D eigenvalue weighted by atomic mass is 16.5. The molecule has 94 valence electrons. The molecule has 0 saturated heterocycles. The predicted octanol–water partition coefficient (Wildman–Crippen LogP) is 0.457. The average Bonchev–Trinajstić information content (AvgIpc) is 2.25.